The monoisotopic (exact) mass is 257 g/mol. The summed E-state index contributed by atoms with van der Waals surface area (Å²) in [6.45, 7) is 7.30. The minimum Gasteiger partial charge on any atom is -0.480 e. The van der Waals surface area contributed by atoms with Gasteiger partial charge in [-0.05, 0) is 46.0 Å². The summed E-state index contributed by atoms with van der Waals surface area (Å²) in [5, 5.41) is 11.9. The number of carbonyl (C=O) groups is 2. The molecule has 2 atom stereocenters. The Labute approximate surface area is 108 Å². The number of carboxylic acids is 1. The average molecular weight is 257 g/mol. The van der Waals surface area contributed by atoms with Gasteiger partial charge in [0.25, 0.3) is 0 Å². The first-order valence-corrected chi connectivity index (χ1v) is 6.43. The molecule has 5 nitrogen and oxygen atoms in total. The average Bonchev–Trinajstić information content (AvgIpc) is 2.59. The molecule has 1 aliphatic carbocycles. The number of alkyl carbamates (subject to hydrolysis) is 1. The summed E-state index contributed by atoms with van der Waals surface area (Å²) in [7, 11) is 0. The summed E-state index contributed by atoms with van der Waals surface area (Å²) in [6.07, 6.45) is 2.07. The van der Waals surface area contributed by atoms with Gasteiger partial charge in [0, 0.05) is 0 Å². The van der Waals surface area contributed by atoms with Crippen LogP contribution in [0.2, 0.25) is 0 Å². The number of ether oxygens (including phenoxy) is 1. The first-order chi connectivity index (χ1) is 8.18. The second kappa shape index (κ2) is 5.16. The van der Waals surface area contributed by atoms with Crippen molar-refractivity contribution >= 4 is 12.1 Å². The molecule has 0 aromatic carbocycles. The molecule has 1 fully saturated rings. The van der Waals surface area contributed by atoms with Crippen molar-refractivity contribution in [2.45, 2.75) is 64.5 Å². The molecule has 1 amide bonds. The Morgan fingerprint density at radius 3 is 2.44 bits per heavy atom. The maximum Gasteiger partial charge on any atom is 0.408 e. The van der Waals surface area contributed by atoms with Crippen LogP contribution in [0.3, 0.4) is 0 Å². The molecule has 1 rings (SSSR count). The van der Waals surface area contributed by atoms with E-state index in [4.69, 9.17) is 4.74 Å². The zero-order valence-corrected chi connectivity index (χ0v) is 11.6. The summed E-state index contributed by atoms with van der Waals surface area (Å²) in [4.78, 5) is 23.1. The number of rotatable bonds is 3. The smallest absolute Gasteiger partial charge is 0.408 e. The quantitative estimate of drug-likeness (QED) is 0.814. The van der Waals surface area contributed by atoms with Gasteiger partial charge in [0.15, 0.2) is 0 Å². The van der Waals surface area contributed by atoms with Crippen LogP contribution in [0.4, 0.5) is 4.79 Å². The highest BCUT2D eigenvalue weighted by Gasteiger charge is 2.46. The SMILES string of the molecule is CCC1CCC(NC(=O)OC(C)(C)C)(C(=O)O)C1. The van der Waals surface area contributed by atoms with Gasteiger partial charge in [-0.3, -0.25) is 0 Å². The van der Waals surface area contributed by atoms with Gasteiger partial charge in [-0.1, -0.05) is 13.3 Å². The topological polar surface area (TPSA) is 75.6 Å². The van der Waals surface area contributed by atoms with E-state index >= 15 is 0 Å². The third-order valence-corrected chi connectivity index (χ3v) is 3.34. The summed E-state index contributed by atoms with van der Waals surface area (Å²) in [6, 6.07) is 0. The molecule has 0 aromatic heterocycles. The van der Waals surface area contributed by atoms with Crippen molar-refractivity contribution in [2.75, 3.05) is 0 Å². The van der Waals surface area contributed by atoms with Gasteiger partial charge >= 0.3 is 12.1 Å². The van der Waals surface area contributed by atoms with Crippen LogP contribution < -0.4 is 5.32 Å². The Hall–Kier alpha value is -1.26. The molecule has 0 aromatic rings. The molecule has 0 saturated heterocycles. The second-order valence-corrected chi connectivity index (χ2v) is 6.03. The Bertz CT molecular complexity index is 334. The van der Waals surface area contributed by atoms with Gasteiger partial charge in [-0.15, -0.1) is 0 Å². The van der Waals surface area contributed by atoms with Crippen molar-refractivity contribution in [3.05, 3.63) is 0 Å². The first kappa shape index (κ1) is 14.8. The first-order valence-electron chi connectivity index (χ1n) is 6.43. The number of nitrogens with one attached hydrogen (secondary N) is 1. The maximum atomic E-state index is 11.7. The van der Waals surface area contributed by atoms with E-state index in [0.29, 0.717) is 18.8 Å². The molecular weight excluding hydrogens is 234 g/mol. The van der Waals surface area contributed by atoms with E-state index in [1.807, 2.05) is 6.92 Å². The Morgan fingerprint density at radius 2 is 2.06 bits per heavy atom. The molecule has 0 aliphatic heterocycles. The summed E-state index contributed by atoms with van der Waals surface area (Å²) < 4.78 is 5.13. The molecular formula is C13H23NO4. The Kier molecular flexibility index (Phi) is 4.24. The number of aliphatic carboxylic acids is 1. The molecule has 1 saturated carbocycles. The zero-order valence-electron chi connectivity index (χ0n) is 11.6. The van der Waals surface area contributed by atoms with Crippen LogP contribution in [-0.4, -0.2) is 28.3 Å². The molecule has 2 unspecified atom stereocenters. The molecule has 18 heavy (non-hydrogen) atoms. The molecule has 0 bridgehead atoms. The van der Waals surface area contributed by atoms with E-state index in [1.165, 1.54) is 0 Å². The van der Waals surface area contributed by atoms with Gasteiger partial charge in [-0.25, -0.2) is 9.59 Å². The van der Waals surface area contributed by atoms with Crippen molar-refractivity contribution in [1.82, 2.24) is 5.32 Å². The fourth-order valence-corrected chi connectivity index (χ4v) is 2.36. The van der Waals surface area contributed by atoms with E-state index in [9.17, 15) is 14.7 Å². The molecule has 0 spiro atoms. The van der Waals surface area contributed by atoms with E-state index in [2.05, 4.69) is 5.32 Å². The Balaban J connectivity index is 2.71. The third-order valence-electron chi connectivity index (χ3n) is 3.34. The van der Waals surface area contributed by atoms with Crippen molar-refractivity contribution in [3.8, 4) is 0 Å². The Morgan fingerprint density at radius 1 is 1.44 bits per heavy atom. The number of carbonyl (C=O) groups excluding carboxylic acids is 1. The fourth-order valence-electron chi connectivity index (χ4n) is 2.36. The van der Waals surface area contributed by atoms with Crippen molar-refractivity contribution in [2.24, 2.45) is 5.92 Å². The lowest BCUT2D eigenvalue weighted by Crippen LogP contribution is -2.54. The van der Waals surface area contributed by atoms with Crippen LogP contribution in [0.25, 0.3) is 0 Å². The van der Waals surface area contributed by atoms with Gasteiger partial charge in [0.05, 0.1) is 0 Å². The largest absolute Gasteiger partial charge is 0.480 e. The highest BCUT2D eigenvalue weighted by Crippen LogP contribution is 2.36. The lowest BCUT2D eigenvalue weighted by molar-refractivity contribution is -0.144. The van der Waals surface area contributed by atoms with Crippen LogP contribution in [0.1, 0.15) is 53.4 Å². The van der Waals surface area contributed by atoms with Crippen LogP contribution >= 0.6 is 0 Å². The predicted molar refractivity (Wildman–Crippen MR) is 67.4 cm³/mol. The number of amides is 1. The van der Waals surface area contributed by atoms with E-state index in [-0.39, 0.29) is 0 Å². The van der Waals surface area contributed by atoms with Crippen LogP contribution in [0.15, 0.2) is 0 Å². The number of hydrogen-bond donors (Lipinski definition) is 2. The highest BCUT2D eigenvalue weighted by molar-refractivity contribution is 5.84. The molecule has 5 heteroatoms. The minimum absolute atomic E-state index is 0.357. The molecule has 104 valence electrons. The van der Waals surface area contributed by atoms with Crippen LogP contribution in [0, 0.1) is 5.92 Å². The standard InChI is InChI=1S/C13H23NO4/c1-5-9-6-7-13(8-9,10(15)16)14-11(17)18-12(2,3)4/h9H,5-8H2,1-4H3,(H,14,17)(H,15,16). The summed E-state index contributed by atoms with van der Waals surface area (Å²) in [5.41, 5.74) is -1.77. The normalized spacial score (nSPS) is 27.9. The lowest BCUT2D eigenvalue weighted by atomic mass is 9.95. The molecule has 2 N–H and O–H groups in total. The van der Waals surface area contributed by atoms with E-state index < -0.39 is 23.2 Å². The molecule has 0 heterocycles. The van der Waals surface area contributed by atoms with Crippen molar-refractivity contribution in [1.29, 1.82) is 0 Å². The van der Waals surface area contributed by atoms with Gasteiger partial charge < -0.3 is 15.2 Å². The lowest BCUT2D eigenvalue weighted by Gasteiger charge is -2.28. The van der Waals surface area contributed by atoms with Crippen LogP contribution in [-0.2, 0) is 9.53 Å². The van der Waals surface area contributed by atoms with E-state index in [1.54, 1.807) is 20.8 Å². The van der Waals surface area contributed by atoms with Crippen molar-refractivity contribution in [3.63, 3.8) is 0 Å². The summed E-state index contributed by atoms with van der Waals surface area (Å²) >= 11 is 0. The highest BCUT2D eigenvalue weighted by atomic mass is 16.6. The van der Waals surface area contributed by atoms with Crippen LogP contribution in [0.5, 0.6) is 0 Å². The van der Waals surface area contributed by atoms with Gasteiger partial charge in [0.1, 0.15) is 11.1 Å². The molecule has 1 aliphatic rings. The fraction of sp³-hybridized carbons (Fsp3) is 0.846. The van der Waals surface area contributed by atoms with Gasteiger partial charge in [0.2, 0.25) is 0 Å². The van der Waals surface area contributed by atoms with E-state index in [0.717, 1.165) is 12.8 Å². The third kappa shape index (κ3) is 3.62. The second-order valence-electron chi connectivity index (χ2n) is 6.03. The minimum atomic E-state index is -1.15. The number of hydrogen-bond acceptors (Lipinski definition) is 3. The predicted octanol–water partition coefficient (Wildman–Crippen LogP) is 2.54. The van der Waals surface area contributed by atoms with Crippen molar-refractivity contribution < 1.29 is 19.4 Å². The molecule has 0 radical (unpaired) electrons. The summed E-state index contributed by atoms with van der Waals surface area (Å²) in [5.74, 6) is -0.611. The zero-order chi connectivity index (χ0) is 14.0. The van der Waals surface area contributed by atoms with Gasteiger partial charge in [-0.2, -0.15) is 0 Å². The maximum absolute atomic E-state index is 11.7. The number of carboxylic acid groups (broad SMARTS) is 1.